The highest BCUT2D eigenvalue weighted by molar-refractivity contribution is 5.99. The Morgan fingerprint density at radius 3 is 2.25 bits per heavy atom. The summed E-state index contributed by atoms with van der Waals surface area (Å²) in [5.41, 5.74) is 1.42. The third-order valence-corrected chi connectivity index (χ3v) is 3.84. The Balaban J connectivity index is 2.75. The molecule has 2 N–H and O–H groups in total. The second-order valence-electron chi connectivity index (χ2n) is 6.02. The van der Waals surface area contributed by atoms with Gasteiger partial charge in [0, 0.05) is 11.7 Å². The lowest BCUT2D eigenvalue weighted by Crippen LogP contribution is -2.38. The van der Waals surface area contributed by atoms with Gasteiger partial charge in [-0.05, 0) is 39.2 Å². The van der Waals surface area contributed by atoms with E-state index >= 15 is 0 Å². The molecule has 1 aromatic rings. The number of carbonyl (C=O) groups excluding carboxylic acids is 3. The van der Waals surface area contributed by atoms with Crippen LogP contribution < -0.4 is 5.32 Å². The van der Waals surface area contributed by atoms with Crippen molar-refractivity contribution in [3.05, 3.63) is 22.5 Å². The molecular formula is C17H26N2O5. The summed E-state index contributed by atoms with van der Waals surface area (Å²) in [5, 5.41) is 2.76. The molecule has 0 aliphatic carbocycles. The first-order chi connectivity index (χ1) is 11.2. The molecule has 0 saturated carbocycles. The predicted molar refractivity (Wildman–Crippen MR) is 88.9 cm³/mol. The Hall–Kier alpha value is -2.31. The van der Waals surface area contributed by atoms with Crippen molar-refractivity contribution in [1.82, 2.24) is 10.3 Å². The van der Waals surface area contributed by atoms with E-state index in [1.807, 2.05) is 20.8 Å². The molecule has 1 heterocycles. The van der Waals surface area contributed by atoms with Crippen LogP contribution in [0, 0.1) is 19.8 Å². The number of hydrogen-bond acceptors (Lipinski definition) is 5. The van der Waals surface area contributed by atoms with E-state index in [-0.39, 0.29) is 42.3 Å². The van der Waals surface area contributed by atoms with Crippen LogP contribution in [0.1, 0.15) is 59.8 Å². The molecule has 1 aromatic heterocycles. The number of hydrogen-bond donors (Lipinski definition) is 2. The average molecular weight is 338 g/mol. The number of aryl methyl sites for hydroxylation is 1. The summed E-state index contributed by atoms with van der Waals surface area (Å²) in [6, 6.07) is -0.0117. The Morgan fingerprint density at radius 1 is 1.08 bits per heavy atom. The molecule has 1 rings (SSSR count). The van der Waals surface area contributed by atoms with Crippen LogP contribution >= 0.6 is 0 Å². The van der Waals surface area contributed by atoms with Gasteiger partial charge in [-0.25, -0.2) is 9.59 Å². The summed E-state index contributed by atoms with van der Waals surface area (Å²) in [4.78, 5) is 38.7. The molecule has 0 aliphatic rings. The fourth-order valence-electron chi connectivity index (χ4n) is 2.13. The van der Waals surface area contributed by atoms with Crippen molar-refractivity contribution < 1.29 is 23.9 Å². The van der Waals surface area contributed by atoms with Gasteiger partial charge in [0.05, 0.1) is 12.2 Å². The van der Waals surface area contributed by atoms with Crippen molar-refractivity contribution in [2.24, 2.45) is 5.92 Å². The lowest BCUT2D eigenvalue weighted by Gasteiger charge is -2.17. The highest BCUT2D eigenvalue weighted by Gasteiger charge is 2.24. The van der Waals surface area contributed by atoms with Crippen LogP contribution in [0.4, 0.5) is 0 Å². The number of H-pyrrole nitrogens is 1. The van der Waals surface area contributed by atoms with Gasteiger partial charge in [-0.3, -0.25) is 4.79 Å². The molecule has 0 aromatic carbocycles. The van der Waals surface area contributed by atoms with E-state index in [2.05, 4.69) is 10.3 Å². The molecule has 0 spiro atoms. The van der Waals surface area contributed by atoms with E-state index in [1.165, 1.54) is 0 Å². The number of aromatic nitrogens is 1. The van der Waals surface area contributed by atoms with Gasteiger partial charge < -0.3 is 19.8 Å². The standard InChI is InChI=1S/C17H26N2O5/c1-7-23-17(22)15-10(4)14(12(6)19-15)16(21)24-8-13(20)18-11(5)9(2)3/h9,11,19H,7-8H2,1-6H3,(H,18,20). The van der Waals surface area contributed by atoms with Gasteiger partial charge >= 0.3 is 11.9 Å². The van der Waals surface area contributed by atoms with Gasteiger partial charge in [-0.1, -0.05) is 13.8 Å². The van der Waals surface area contributed by atoms with Gasteiger partial charge in [0.1, 0.15) is 5.69 Å². The van der Waals surface area contributed by atoms with Gasteiger partial charge in [0.15, 0.2) is 6.61 Å². The minimum atomic E-state index is -0.649. The molecule has 0 fully saturated rings. The van der Waals surface area contributed by atoms with Crippen molar-refractivity contribution in [3.8, 4) is 0 Å². The zero-order chi connectivity index (χ0) is 18.4. The van der Waals surface area contributed by atoms with Crippen molar-refractivity contribution in [2.45, 2.75) is 47.6 Å². The van der Waals surface area contributed by atoms with Crippen LogP contribution in [0.25, 0.3) is 0 Å². The Morgan fingerprint density at radius 2 is 1.71 bits per heavy atom. The summed E-state index contributed by atoms with van der Waals surface area (Å²) in [6.07, 6.45) is 0. The van der Waals surface area contributed by atoms with Crippen molar-refractivity contribution in [1.29, 1.82) is 0 Å². The smallest absolute Gasteiger partial charge is 0.355 e. The summed E-state index contributed by atoms with van der Waals surface area (Å²) >= 11 is 0. The highest BCUT2D eigenvalue weighted by Crippen LogP contribution is 2.19. The van der Waals surface area contributed by atoms with Gasteiger partial charge in [-0.2, -0.15) is 0 Å². The zero-order valence-electron chi connectivity index (χ0n) is 15.1. The molecule has 7 nitrogen and oxygen atoms in total. The molecule has 1 unspecified atom stereocenters. The first-order valence-electron chi connectivity index (χ1n) is 8.01. The molecule has 24 heavy (non-hydrogen) atoms. The maximum absolute atomic E-state index is 12.2. The SMILES string of the molecule is CCOC(=O)c1[nH]c(C)c(C(=O)OCC(=O)NC(C)C(C)C)c1C. The van der Waals surface area contributed by atoms with E-state index in [0.717, 1.165) is 0 Å². The molecule has 1 amide bonds. The monoisotopic (exact) mass is 338 g/mol. The fraction of sp³-hybridized carbons (Fsp3) is 0.588. The summed E-state index contributed by atoms with van der Waals surface area (Å²) in [6.45, 7) is 10.7. The van der Waals surface area contributed by atoms with E-state index in [4.69, 9.17) is 9.47 Å². The molecule has 1 atom stereocenters. The van der Waals surface area contributed by atoms with Crippen LogP contribution in [-0.4, -0.2) is 42.1 Å². The van der Waals surface area contributed by atoms with E-state index in [1.54, 1.807) is 20.8 Å². The summed E-state index contributed by atoms with van der Waals surface area (Å²) in [7, 11) is 0. The Kier molecular flexibility index (Phi) is 7.00. The second-order valence-corrected chi connectivity index (χ2v) is 6.02. The van der Waals surface area contributed by atoms with Gasteiger partial charge in [-0.15, -0.1) is 0 Å². The third-order valence-electron chi connectivity index (χ3n) is 3.84. The van der Waals surface area contributed by atoms with Crippen LogP contribution in [0.15, 0.2) is 0 Å². The number of carbonyl (C=O) groups is 3. The molecule has 0 radical (unpaired) electrons. The topological polar surface area (TPSA) is 97.5 Å². The number of nitrogens with one attached hydrogen (secondary N) is 2. The van der Waals surface area contributed by atoms with Crippen LogP contribution in [0.2, 0.25) is 0 Å². The van der Waals surface area contributed by atoms with Crippen LogP contribution in [0.3, 0.4) is 0 Å². The lowest BCUT2D eigenvalue weighted by atomic mass is 10.1. The number of ether oxygens (including phenoxy) is 2. The largest absolute Gasteiger partial charge is 0.461 e. The normalized spacial score (nSPS) is 12.0. The van der Waals surface area contributed by atoms with Crippen molar-refractivity contribution in [2.75, 3.05) is 13.2 Å². The minimum Gasteiger partial charge on any atom is -0.461 e. The Labute approximate surface area is 142 Å². The number of esters is 2. The quantitative estimate of drug-likeness (QED) is 0.742. The summed E-state index contributed by atoms with van der Waals surface area (Å²) in [5.74, 6) is -1.25. The molecule has 134 valence electrons. The summed E-state index contributed by atoms with van der Waals surface area (Å²) < 4.78 is 10.00. The van der Waals surface area contributed by atoms with Crippen molar-refractivity contribution >= 4 is 17.8 Å². The maximum Gasteiger partial charge on any atom is 0.355 e. The third kappa shape index (κ3) is 4.84. The second kappa shape index (κ2) is 8.52. The first kappa shape index (κ1) is 19.7. The average Bonchev–Trinajstić information content (AvgIpc) is 2.80. The molecule has 7 heteroatoms. The number of aromatic amines is 1. The van der Waals surface area contributed by atoms with Gasteiger partial charge in [0.2, 0.25) is 0 Å². The van der Waals surface area contributed by atoms with Crippen LogP contribution in [0.5, 0.6) is 0 Å². The van der Waals surface area contributed by atoms with E-state index in [0.29, 0.717) is 11.3 Å². The molecular weight excluding hydrogens is 312 g/mol. The lowest BCUT2D eigenvalue weighted by molar-refractivity contribution is -0.125. The minimum absolute atomic E-state index is 0.0117. The Bertz CT molecular complexity index is 619. The predicted octanol–water partition coefficient (Wildman–Crippen LogP) is 2.13. The first-order valence-corrected chi connectivity index (χ1v) is 8.01. The molecule has 0 saturated heterocycles. The van der Waals surface area contributed by atoms with Crippen LogP contribution in [-0.2, 0) is 14.3 Å². The molecule has 0 aliphatic heterocycles. The highest BCUT2D eigenvalue weighted by atomic mass is 16.5. The number of rotatable bonds is 7. The van der Waals surface area contributed by atoms with Crippen molar-refractivity contribution in [3.63, 3.8) is 0 Å². The fourth-order valence-corrected chi connectivity index (χ4v) is 2.13. The van der Waals surface area contributed by atoms with E-state index < -0.39 is 11.9 Å². The van der Waals surface area contributed by atoms with E-state index in [9.17, 15) is 14.4 Å². The van der Waals surface area contributed by atoms with Gasteiger partial charge in [0.25, 0.3) is 5.91 Å². The number of amides is 1. The maximum atomic E-state index is 12.2. The molecule has 0 bridgehead atoms. The zero-order valence-corrected chi connectivity index (χ0v) is 15.1.